The molecule has 0 aromatic carbocycles. The number of rotatable bonds is 6. The average molecular weight is 439 g/mol. The van der Waals surface area contributed by atoms with Crippen molar-refractivity contribution in [3.05, 3.63) is 10.9 Å². The summed E-state index contributed by atoms with van der Waals surface area (Å²) in [6.07, 6.45) is 8.11. The van der Waals surface area contributed by atoms with Gasteiger partial charge in [0.05, 0.1) is 0 Å². The van der Waals surface area contributed by atoms with Crippen LogP contribution in [0.25, 0.3) is 10.9 Å². The van der Waals surface area contributed by atoms with Gasteiger partial charge < -0.3 is 21.1 Å². The predicted octanol–water partition coefficient (Wildman–Crippen LogP) is 4.53. The van der Waals surface area contributed by atoms with Crippen LogP contribution in [0.4, 0.5) is 0 Å². The molecule has 0 saturated heterocycles. The Balaban J connectivity index is -0.000000333. The van der Waals surface area contributed by atoms with Crippen molar-refractivity contribution < 1.29 is 16.5 Å². The molecule has 0 rings (SSSR count). The molecule has 0 bridgehead atoms. The van der Waals surface area contributed by atoms with Gasteiger partial charge in [-0.3, -0.25) is 0 Å². The van der Waals surface area contributed by atoms with E-state index in [1.165, 1.54) is 23.5 Å². The third kappa shape index (κ3) is 22.3. The molecule has 138 valence electrons. The molecule has 0 aromatic rings. The van der Waals surface area contributed by atoms with Crippen molar-refractivity contribution in [3.8, 4) is 0 Å². The Morgan fingerprint density at radius 2 is 1.13 bits per heavy atom. The van der Waals surface area contributed by atoms with E-state index in [2.05, 4.69) is 59.3 Å². The van der Waals surface area contributed by atoms with Crippen LogP contribution in [0.5, 0.6) is 0 Å². The molecule has 0 saturated carbocycles. The Morgan fingerprint density at radius 1 is 0.826 bits per heavy atom. The Hall–Kier alpha value is 0.314. The summed E-state index contributed by atoms with van der Waals surface area (Å²) in [5.74, 6) is 0. The Morgan fingerprint density at radius 3 is 1.35 bits per heavy atom. The summed E-state index contributed by atoms with van der Waals surface area (Å²) >= 11 is 11.1. The zero-order chi connectivity index (χ0) is 17.4. The van der Waals surface area contributed by atoms with Gasteiger partial charge in [-0.15, -0.1) is 0 Å². The van der Waals surface area contributed by atoms with Crippen LogP contribution in [0.2, 0.25) is 0 Å². The van der Waals surface area contributed by atoms with Crippen LogP contribution >= 0.6 is 23.5 Å². The minimum absolute atomic E-state index is 0. The maximum absolute atomic E-state index is 4.08. The first-order valence-corrected chi connectivity index (χ1v) is 10.4. The molecule has 0 aliphatic heterocycles. The summed E-state index contributed by atoms with van der Waals surface area (Å²) in [6, 6.07) is 0. The molecular formula is C14H28N4NiS4. The molecule has 0 spiro atoms. The molecule has 23 heavy (non-hydrogen) atoms. The van der Waals surface area contributed by atoms with Gasteiger partial charge in [-0.25, -0.2) is 0 Å². The van der Waals surface area contributed by atoms with Crippen LogP contribution in [-0.2, 0) is 40.9 Å². The average Bonchev–Trinajstić information content (AvgIpc) is 2.51. The van der Waals surface area contributed by atoms with Gasteiger partial charge in [0.25, 0.3) is 0 Å². The van der Waals surface area contributed by atoms with E-state index >= 15 is 0 Å². The number of thioether (sulfide) groups is 2. The molecule has 0 aliphatic carbocycles. The molecule has 9 heteroatoms. The van der Waals surface area contributed by atoms with Crippen LogP contribution in [0.1, 0.15) is 53.4 Å². The normalized spacial score (nSPS) is 10.9. The molecular weight excluding hydrogens is 411 g/mol. The fourth-order valence-electron chi connectivity index (χ4n) is 1.16. The van der Waals surface area contributed by atoms with Gasteiger partial charge in [0.15, 0.2) is 33.1 Å². The van der Waals surface area contributed by atoms with Crippen molar-refractivity contribution in [2.45, 2.75) is 53.4 Å². The number of thiol groups is 2. The van der Waals surface area contributed by atoms with Crippen LogP contribution < -0.4 is 0 Å². The third-order valence-corrected chi connectivity index (χ3v) is 4.37. The van der Waals surface area contributed by atoms with Crippen molar-refractivity contribution in [2.75, 3.05) is 12.5 Å². The molecule has 0 radical (unpaired) electrons. The van der Waals surface area contributed by atoms with Gasteiger partial charge in [0.2, 0.25) is 0 Å². The first-order chi connectivity index (χ1) is 10.4. The molecule has 0 aliphatic rings. The molecule has 0 fully saturated rings. The minimum Gasteiger partial charge on any atom is -0.520 e. The SMILES string of the molecule is CCCC(C)=N[N-]C(=[SH+])SC.CCCC(C)=N[N-]C(=[SH+])SC.[Ni]. The van der Waals surface area contributed by atoms with E-state index < -0.39 is 0 Å². The van der Waals surface area contributed by atoms with E-state index in [4.69, 9.17) is 0 Å². The maximum Gasteiger partial charge on any atom is 0.174 e. The Bertz CT molecular complexity index is 351. The van der Waals surface area contributed by atoms with Crippen LogP contribution in [0.3, 0.4) is 0 Å². The zero-order valence-electron chi connectivity index (χ0n) is 14.6. The number of hydrogen-bond acceptors (Lipinski definition) is 4. The standard InChI is InChI=1S/2C7H14N2S2.Ni/c2*1-4-5-6(2)8-9-7(10)11-3;/h2*4-5H2,1-3H3,(H,9,10);. The molecule has 0 atom stereocenters. The number of hydrogen-bond donors (Lipinski definition) is 0. The van der Waals surface area contributed by atoms with Crippen LogP contribution in [0.15, 0.2) is 10.2 Å². The minimum atomic E-state index is 0. The summed E-state index contributed by atoms with van der Waals surface area (Å²) in [5.41, 5.74) is 9.91. The van der Waals surface area contributed by atoms with E-state index in [1.807, 2.05) is 26.4 Å². The molecule has 0 aromatic heterocycles. The van der Waals surface area contributed by atoms with Gasteiger partial charge in [-0.1, -0.05) is 50.2 Å². The number of nitrogens with zero attached hydrogens (tertiary/aromatic N) is 4. The van der Waals surface area contributed by atoms with E-state index in [0.29, 0.717) is 8.64 Å². The van der Waals surface area contributed by atoms with E-state index in [9.17, 15) is 0 Å². The van der Waals surface area contributed by atoms with Gasteiger partial charge in [-0.2, -0.15) is 0 Å². The predicted molar refractivity (Wildman–Crippen MR) is 117 cm³/mol. The quantitative estimate of drug-likeness (QED) is 0.153. The molecule has 0 heterocycles. The van der Waals surface area contributed by atoms with E-state index in [0.717, 1.165) is 37.1 Å². The second kappa shape index (κ2) is 20.4. The first-order valence-electron chi connectivity index (χ1n) is 7.09. The fourth-order valence-corrected chi connectivity index (χ4v) is 1.50. The van der Waals surface area contributed by atoms with E-state index in [-0.39, 0.29) is 16.5 Å². The largest absolute Gasteiger partial charge is 0.520 e. The second-order valence-electron chi connectivity index (χ2n) is 4.34. The summed E-state index contributed by atoms with van der Waals surface area (Å²) in [6.45, 7) is 8.21. The third-order valence-electron chi connectivity index (χ3n) is 2.20. The van der Waals surface area contributed by atoms with Crippen molar-refractivity contribution in [3.63, 3.8) is 0 Å². The molecule has 0 unspecified atom stereocenters. The van der Waals surface area contributed by atoms with Crippen molar-refractivity contribution in [1.29, 1.82) is 0 Å². The maximum atomic E-state index is 4.08. The molecule has 0 amide bonds. The van der Waals surface area contributed by atoms with Crippen molar-refractivity contribution >= 4 is 68.0 Å². The molecule has 0 N–H and O–H groups in total. The molecule has 4 nitrogen and oxygen atoms in total. The van der Waals surface area contributed by atoms with Crippen LogP contribution in [0, 0.1) is 0 Å². The summed E-state index contributed by atoms with van der Waals surface area (Å²) in [4.78, 5) is 0. The summed E-state index contributed by atoms with van der Waals surface area (Å²) in [5, 5.41) is 7.98. The van der Waals surface area contributed by atoms with Crippen molar-refractivity contribution in [1.82, 2.24) is 0 Å². The monoisotopic (exact) mass is 438 g/mol. The summed E-state index contributed by atoms with van der Waals surface area (Å²) < 4.78 is 1.42. The first kappa shape index (κ1) is 28.1. The van der Waals surface area contributed by atoms with Gasteiger partial charge >= 0.3 is 0 Å². The summed E-state index contributed by atoms with van der Waals surface area (Å²) in [7, 11) is 0. The van der Waals surface area contributed by atoms with Crippen LogP contribution in [-0.4, -0.2) is 32.6 Å². The zero-order valence-corrected chi connectivity index (χ0v) is 19.1. The topological polar surface area (TPSA) is 52.9 Å². The fraction of sp³-hybridized carbons (Fsp3) is 0.714. The van der Waals surface area contributed by atoms with Gasteiger partial charge in [-0.05, 0) is 50.6 Å². The smallest absolute Gasteiger partial charge is 0.174 e. The van der Waals surface area contributed by atoms with E-state index in [1.54, 1.807) is 0 Å². The van der Waals surface area contributed by atoms with Gasteiger partial charge in [0, 0.05) is 16.5 Å². The Labute approximate surface area is 170 Å². The van der Waals surface area contributed by atoms with Crippen molar-refractivity contribution in [2.24, 2.45) is 10.2 Å². The second-order valence-corrected chi connectivity index (χ2v) is 7.39. The van der Waals surface area contributed by atoms with Gasteiger partial charge in [0.1, 0.15) is 0 Å². The Kier molecular flexibility index (Phi) is 24.9.